The van der Waals surface area contributed by atoms with Gasteiger partial charge < -0.3 is 0 Å². The van der Waals surface area contributed by atoms with Gasteiger partial charge in [-0.3, -0.25) is 0 Å². The summed E-state index contributed by atoms with van der Waals surface area (Å²) in [4.78, 5) is 0. The van der Waals surface area contributed by atoms with Crippen molar-refractivity contribution < 1.29 is 0 Å². The molecule has 0 bridgehead atoms. The van der Waals surface area contributed by atoms with Crippen molar-refractivity contribution in [2.24, 2.45) is 0 Å². The SMILES string of the molecule is Br[C](Br)C(Br)(Br)C(Br)(Br)C(Br)(Br)C(Br)(Br)C(Br)(Br)C(Br)(Br)C(Br)(Br)C(Br)(Br)C(Br)(Br)C(Br)(Br)C(Br)(Br)C(Br)(Br)C(Br)(Br)C(Br)(Br)C(Br)(Br)C(Br)(Br)C(Br)(Br)C(Br)(Br)C(Br)(Br)C(Br)(Br)C(Br)(Br)C(Br)(Br)C(Br)(Br)C(Br)(Br)C(Br)(Br)C(Br)(Br)C(Br)(Br)C(Br)(Br)C(Br)(Br)Br. The summed E-state index contributed by atoms with van der Waals surface area (Å²) in [5, 5.41) is 0. The molecule has 0 aliphatic rings. The number of alkyl halides is 59. The Morgan fingerprint density at radius 1 is 0.0989 bits per heavy atom. The number of rotatable bonds is 28. The Morgan fingerprint density at radius 2 is 0.165 bits per heavy atom. The summed E-state index contributed by atoms with van der Waals surface area (Å²) in [5.41, 5.74) is 0. The van der Waals surface area contributed by atoms with Gasteiger partial charge in [0.05, 0.1) is 0 Å². The van der Waals surface area contributed by atoms with E-state index in [2.05, 4.69) is 972 Å². The molecule has 0 fully saturated rings. The average molecular weight is 5230 g/mol. The summed E-state index contributed by atoms with van der Waals surface area (Å²) >= 11 is 245. The van der Waals surface area contributed by atoms with Gasteiger partial charge in [-0.15, -0.1) is 0 Å². The summed E-state index contributed by atoms with van der Waals surface area (Å²) < 4.78 is -39.6. The molecule has 0 nitrogen and oxygen atoms in total. The van der Waals surface area contributed by atoms with Gasteiger partial charge in [0, 0.05) is 0 Å². The summed E-state index contributed by atoms with van der Waals surface area (Å²) in [6, 6.07) is 0. The van der Waals surface area contributed by atoms with Crippen molar-refractivity contribution >= 4 is 972 Å². The van der Waals surface area contributed by atoms with Gasteiger partial charge in [-0.2, -0.15) is 0 Å². The first kappa shape index (κ1) is 120. The van der Waals surface area contributed by atoms with E-state index < -0.39 is 92.7 Å². The highest BCUT2D eigenvalue weighted by Crippen LogP contribution is 2.88. The first-order chi connectivity index (χ1) is 37.9. The number of hydrogen-bond acceptors (Lipinski definition) is 0. The Kier molecular flexibility index (Phi) is 51.8. The largest absolute Gasteiger partial charge is 0.162 e. The van der Waals surface area contributed by atoms with Crippen molar-refractivity contribution in [2.45, 2.75) is 92.7 Å². The van der Waals surface area contributed by atoms with E-state index in [-0.39, 0.29) is 0 Å². The maximum Gasteiger partial charge on any atom is 0.162 e. The Morgan fingerprint density at radius 3 is 0.231 bits per heavy atom. The number of halogens is 61. The molecule has 0 aliphatic heterocycles. The Bertz CT molecular complexity index is 2600. The van der Waals surface area contributed by atoms with E-state index in [4.69, 9.17) is 0 Å². The Balaban J connectivity index is 8.38. The molecule has 0 spiro atoms. The maximum atomic E-state index is 4.13. The first-order valence-corrected chi connectivity index (χ1v) is 67.2. The predicted molar refractivity (Wildman–Crippen MR) is 627 cm³/mol. The van der Waals surface area contributed by atoms with Crippen LogP contribution in [-0.2, 0) is 0 Å². The lowest BCUT2D eigenvalue weighted by molar-refractivity contribution is 0.505. The molecule has 0 heterocycles. The van der Waals surface area contributed by atoms with E-state index in [1.165, 1.54) is 0 Å². The van der Waals surface area contributed by atoms with Crippen LogP contribution in [0.1, 0.15) is 0 Å². The maximum absolute atomic E-state index is 4.13. The highest BCUT2D eigenvalue weighted by molar-refractivity contribution is 9.45. The van der Waals surface area contributed by atoms with Gasteiger partial charge in [0.1, 0.15) is 94.3 Å². The van der Waals surface area contributed by atoms with E-state index in [0.29, 0.717) is 3.74 Å². The van der Waals surface area contributed by atoms with Crippen molar-refractivity contribution in [3.8, 4) is 0 Å². The van der Waals surface area contributed by atoms with Crippen molar-refractivity contribution in [2.75, 3.05) is 0 Å². The van der Waals surface area contributed by atoms with Crippen molar-refractivity contribution in [3.05, 3.63) is 3.74 Å². The highest BCUT2D eigenvalue weighted by Gasteiger charge is 2.88. The zero-order chi connectivity index (χ0) is 76.1. The highest BCUT2D eigenvalue weighted by atomic mass is 80.0. The third kappa shape index (κ3) is 19.9. The predicted octanol–water partition coefficient (Wildman–Crippen LogP) is 45.7. The van der Waals surface area contributed by atoms with Crippen LogP contribution in [0.2, 0.25) is 0 Å². The fourth-order valence-electron chi connectivity index (χ4n) is 5.42. The third-order valence-electron chi connectivity index (χ3n) is 11.2. The molecule has 547 valence electrons. The molecular formula is C30Br61. The van der Waals surface area contributed by atoms with Crippen LogP contribution < -0.4 is 0 Å². The van der Waals surface area contributed by atoms with Gasteiger partial charge >= 0.3 is 0 Å². The fraction of sp³-hybridized carbons (Fsp3) is 0.967. The zero-order valence-electron chi connectivity index (χ0n) is 38.1. The summed E-state index contributed by atoms with van der Waals surface area (Å²) in [5.74, 6) is 0. The van der Waals surface area contributed by atoms with Gasteiger partial charge in [0.2, 0.25) is 0 Å². The molecule has 0 atom stereocenters. The minimum atomic E-state index is -1.52. The van der Waals surface area contributed by atoms with Crippen LogP contribution in [-0.4, -0.2) is 92.7 Å². The first-order valence-electron chi connectivity index (χ1n) is 18.8. The molecule has 0 saturated carbocycles. The number of hydrogen-bond donors (Lipinski definition) is 0. The second kappa shape index (κ2) is 39.2. The quantitative estimate of drug-likeness (QED) is 0.0685. The van der Waals surface area contributed by atoms with Crippen molar-refractivity contribution in [1.82, 2.24) is 0 Å². The van der Waals surface area contributed by atoms with Gasteiger partial charge in [-0.05, 0) is 0 Å². The van der Waals surface area contributed by atoms with Gasteiger partial charge in [0.15, 0.2) is 2.14 Å². The molecule has 0 saturated heterocycles. The van der Waals surface area contributed by atoms with Gasteiger partial charge in [-0.25, -0.2) is 0 Å². The Hall–Kier alpha value is 29.3. The molecule has 0 unspecified atom stereocenters. The lowest BCUT2D eigenvalue weighted by atomic mass is 9.99. The molecule has 91 heavy (non-hydrogen) atoms. The standard InChI is InChI=1S/C30Br61/c31-1(32)2(33,34)3(35,36)4(37,38)5(39,40)6(41,42)7(43,44)8(45,46)9(47,48)10(49,50)11(51,52)12(53,54)13(55,56)14(57,58)15(59,60)16(61,62)17(63,64)18(65,66)19(67,68)20(69,70)21(71,72)22(73,74)23(75,76)24(77,78)25(79,80)26(81,82)27(83,84)28(85,86)29(87,88)30(89,90)91. The topological polar surface area (TPSA) is 0 Å². The molecule has 0 rings (SSSR count). The molecule has 0 aromatic rings. The Labute approximate surface area is 1040 Å². The second-order valence-electron chi connectivity index (χ2n) is 16.8. The summed E-state index contributed by atoms with van der Waals surface area (Å²) in [6.45, 7) is 0. The summed E-state index contributed by atoms with van der Waals surface area (Å²) in [6.07, 6.45) is 0. The van der Waals surface area contributed by atoms with Crippen LogP contribution >= 0.6 is 972 Å². The molecule has 0 aromatic heterocycles. The van der Waals surface area contributed by atoms with Crippen LogP contribution in [0.15, 0.2) is 0 Å². The monoisotopic (exact) mass is 5170 g/mol. The molecule has 1 radical (unpaired) electrons. The van der Waals surface area contributed by atoms with Crippen LogP contribution in [0.3, 0.4) is 0 Å². The van der Waals surface area contributed by atoms with E-state index >= 15 is 0 Å². The van der Waals surface area contributed by atoms with Crippen LogP contribution in [0.25, 0.3) is 0 Å². The van der Waals surface area contributed by atoms with Crippen LogP contribution in [0.5, 0.6) is 0 Å². The smallest absolute Gasteiger partial charge is 0.0675 e. The van der Waals surface area contributed by atoms with E-state index in [1.54, 1.807) is 0 Å². The molecule has 0 N–H and O–H groups in total. The lowest BCUT2D eigenvalue weighted by Gasteiger charge is -2.63. The molecular weight excluding hydrogens is 5230 g/mol. The minimum absolute atomic E-state index is 0.592. The van der Waals surface area contributed by atoms with E-state index in [1.807, 2.05) is 0 Å². The molecule has 0 aromatic carbocycles. The lowest BCUT2D eigenvalue weighted by Crippen LogP contribution is -2.75. The van der Waals surface area contributed by atoms with Gasteiger partial charge in [-0.1, -0.05) is 972 Å². The molecule has 0 amide bonds. The van der Waals surface area contributed by atoms with Crippen molar-refractivity contribution in [1.29, 1.82) is 0 Å². The average Bonchev–Trinajstić information content (AvgIpc) is 3.31. The normalized spacial score (nSPS) is 17.6. The third-order valence-corrected chi connectivity index (χ3v) is 143. The second-order valence-corrected chi connectivity index (χ2v) is 123. The van der Waals surface area contributed by atoms with Gasteiger partial charge in [0.25, 0.3) is 0 Å². The summed E-state index contributed by atoms with van der Waals surface area (Å²) in [7, 11) is 0. The molecule has 0 aliphatic carbocycles. The van der Waals surface area contributed by atoms with E-state index in [0.717, 1.165) is 0 Å². The fourth-order valence-corrected chi connectivity index (χ4v) is 69.2. The van der Waals surface area contributed by atoms with Crippen molar-refractivity contribution in [3.63, 3.8) is 0 Å². The van der Waals surface area contributed by atoms with Crippen LogP contribution in [0, 0.1) is 3.74 Å². The van der Waals surface area contributed by atoms with Crippen LogP contribution in [0.4, 0.5) is 0 Å². The minimum Gasteiger partial charge on any atom is -0.0675 e. The zero-order valence-corrected chi connectivity index (χ0v) is 135. The molecule has 61 heteroatoms. The van der Waals surface area contributed by atoms with E-state index in [9.17, 15) is 0 Å².